The first-order chi connectivity index (χ1) is 11.1. The molecule has 2 aliphatic rings. The molecule has 1 amide bonds. The Hall–Kier alpha value is -0.950. The first kappa shape index (κ1) is 17.9. The second-order valence-corrected chi connectivity index (χ2v) is 11.3. The van der Waals surface area contributed by atoms with Crippen molar-refractivity contribution in [2.75, 3.05) is 17.3 Å². The fourth-order valence-corrected chi connectivity index (χ4v) is 7.09. The molecule has 0 saturated carbocycles. The van der Waals surface area contributed by atoms with E-state index < -0.39 is 9.84 Å². The van der Waals surface area contributed by atoms with Crippen molar-refractivity contribution in [1.82, 2.24) is 5.32 Å². The summed E-state index contributed by atoms with van der Waals surface area (Å²) in [5.41, 5.74) is 1.18. The van der Waals surface area contributed by atoms with Gasteiger partial charge in [-0.1, -0.05) is 13.8 Å². The largest absolute Gasteiger partial charge is 0.466 e. The number of amides is 1. The molecule has 1 N–H and O–H groups in total. The van der Waals surface area contributed by atoms with Gasteiger partial charge in [-0.25, -0.2) is 8.42 Å². The number of fused-ring (bicyclic) bond motifs is 1. The lowest BCUT2D eigenvalue weighted by molar-refractivity contribution is -0.119. The van der Waals surface area contributed by atoms with E-state index in [4.69, 9.17) is 4.42 Å². The molecule has 1 aromatic rings. The van der Waals surface area contributed by atoms with Crippen LogP contribution in [0.15, 0.2) is 10.5 Å². The third kappa shape index (κ3) is 4.17. The van der Waals surface area contributed by atoms with Crippen LogP contribution in [0.5, 0.6) is 0 Å². The summed E-state index contributed by atoms with van der Waals surface area (Å²) in [6, 6.07) is 1.99. The van der Waals surface area contributed by atoms with Crippen LogP contribution >= 0.6 is 11.8 Å². The number of nitrogens with one attached hydrogen (secondary N) is 1. The summed E-state index contributed by atoms with van der Waals surface area (Å²) in [5, 5.41) is 3.17. The highest BCUT2D eigenvalue weighted by atomic mass is 32.2. The smallest absolute Gasteiger partial charge is 0.230 e. The molecular formula is C17H25NO4S2. The molecule has 1 aliphatic heterocycles. The fraction of sp³-hybridized carbons (Fsp3) is 0.706. The normalized spacial score (nSPS) is 27.6. The number of rotatable bonds is 4. The molecule has 0 unspecified atom stereocenters. The monoisotopic (exact) mass is 371 g/mol. The lowest BCUT2D eigenvalue weighted by Crippen LogP contribution is -2.37. The van der Waals surface area contributed by atoms with Gasteiger partial charge in [0.1, 0.15) is 11.5 Å². The molecule has 0 aromatic carbocycles. The van der Waals surface area contributed by atoms with Crippen molar-refractivity contribution in [3.63, 3.8) is 0 Å². The average molecular weight is 372 g/mol. The second kappa shape index (κ2) is 6.41. The zero-order chi connectivity index (χ0) is 17.5. The molecular weight excluding hydrogens is 346 g/mol. The maximum absolute atomic E-state index is 12.3. The third-order valence-electron chi connectivity index (χ3n) is 4.71. The minimum absolute atomic E-state index is 0.0263. The number of thioether (sulfide) groups is 1. The number of carbonyl (C=O) groups is 1. The lowest BCUT2D eigenvalue weighted by Gasteiger charge is -2.34. The van der Waals surface area contributed by atoms with Crippen LogP contribution in [-0.2, 0) is 21.1 Å². The number of aryl methyl sites for hydroxylation is 1. The van der Waals surface area contributed by atoms with Crippen LogP contribution in [0.25, 0.3) is 0 Å². The summed E-state index contributed by atoms with van der Waals surface area (Å²) < 4.78 is 28.8. The Labute approximate surface area is 147 Å². The van der Waals surface area contributed by atoms with E-state index in [2.05, 4.69) is 19.2 Å². The topological polar surface area (TPSA) is 76.4 Å². The van der Waals surface area contributed by atoms with Gasteiger partial charge >= 0.3 is 0 Å². The van der Waals surface area contributed by atoms with Crippen molar-refractivity contribution in [3.8, 4) is 0 Å². The van der Waals surface area contributed by atoms with E-state index in [9.17, 15) is 13.2 Å². The van der Waals surface area contributed by atoms with Gasteiger partial charge in [0.05, 0.1) is 23.3 Å². The SMILES string of the molecule is Cc1cc2c(o1)CC(C)(C)C[C@H]2NC(=O)CS[C@H]1CCS(=O)(=O)C1. The second-order valence-electron chi connectivity index (χ2n) is 7.74. The van der Waals surface area contributed by atoms with Crippen LogP contribution in [0.1, 0.15) is 49.8 Å². The van der Waals surface area contributed by atoms with Gasteiger partial charge in [0.15, 0.2) is 9.84 Å². The molecule has 1 saturated heterocycles. The summed E-state index contributed by atoms with van der Waals surface area (Å²) in [7, 11) is -2.89. The summed E-state index contributed by atoms with van der Waals surface area (Å²) in [5.74, 6) is 2.58. The minimum atomic E-state index is -2.89. The first-order valence-electron chi connectivity index (χ1n) is 8.34. The van der Waals surface area contributed by atoms with Crippen LogP contribution in [-0.4, -0.2) is 36.8 Å². The number of hydrogen-bond donors (Lipinski definition) is 1. The first-order valence-corrected chi connectivity index (χ1v) is 11.2. The van der Waals surface area contributed by atoms with Gasteiger partial charge in [-0.05, 0) is 31.2 Å². The molecule has 1 aromatic heterocycles. The maximum Gasteiger partial charge on any atom is 0.230 e. The highest BCUT2D eigenvalue weighted by Gasteiger charge is 2.36. The van der Waals surface area contributed by atoms with Crippen molar-refractivity contribution in [2.45, 2.75) is 51.3 Å². The van der Waals surface area contributed by atoms with Gasteiger partial charge in [-0.15, -0.1) is 11.8 Å². The lowest BCUT2D eigenvalue weighted by atomic mass is 9.75. The molecule has 0 spiro atoms. The fourth-order valence-electron chi connectivity index (χ4n) is 3.64. The van der Waals surface area contributed by atoms with Crippen LogP contribution < -0.4 is 5.32 Å². The van der Waals surface area contributed by atoms with E-state index in [-0.39, 0.29) is 34.1 Å². The Kier molecular flexibility index (Phi) is 4.77. The molecule has 7 heteroatoms. The van der Waals surface area contributed by atoms with E-state index in [0.717, 1.165) is 29.9 Å². The van der Waals surface area contributed by atoms with Gasteiger partial charge in [-0.3, -0.25) is 4.79 Å². The van der Waals surface area contributed by atoms with Gasteiger partial charge in [0.25, 0.3) is 0 Å². The van der Waals surface area contributed by atoms with Crippen molar-refractivity contribution in [2.24, 2.45) is 5.41 Å². The highest BCUT2D eigenvalue weighted by Crippen LogP contribution is 2.42. The minimum Gasteiger partial charge on any atom is -0.466 e. The molecule has 2 heterocycles. The van der Waals surface area contributed by atoms with E-state index in [0.29, 0.717) is 12.2 Å². The predicted octanol–water partition coefficient (Wildman–Crippen LogP) is 2.64. The van der Waals surface area contributed by atoms with Crippen LogP contribution in [0.4, 0.5) is 0 Å². The summed E-state index contributed by atoms with van der Waals surface area (Å²) in [6.45, 7) is 6.30. The molecule has 24 heavy (non-hydrogen) atoms. The van der Waals surface area contributed by atoms with E-state index in [1.807, 2.05) is 13.0 Å². The predicted molar refractivity (Wildman–Crippen MR) is 95.9 cm³/mol. The Balaban J connectivity index is 1.60. The van der Waals surface area contributed by atoms with Gasteiger partial charge in [0, 0.05) is 17.2 Å². The molecule has 5 nitrogen and oxygen atoms in total. The molecule has 1 fully saturated rings. The van der Waals surface area contributed by atoms with Crippen LogP contribution in [0, 0.1) is 12.3 Å². The molecule has 3 rings (SSSR count). The molecule has 2 atom stereocenters. The van der Waals surface area contributed by atoms with Crippen molar-refractivity contribution >= 4 is 27.5 Å². The average Bonchev–Trinajstić information content (AvgIpc) is 2.97. The molecule has 0 radical (unpaired) electrons. The van der Waals surface area contributed by atoms with Crippen molar-refractivity contribution in [3.05, 3.63) is 23.2 Å². The summed E-state index contributed by atoms with van der Waals surface area (Å²) >= 11 is 1.45. The number of carbonyl (C=O) groups excluding carboxylic acids is 1. The Morgan fingerprint density at radius 1 is 1.46 bits per heavy atom. The van der Waals surface area contributed by atoms with Gasteiger partial charge in [0.2, 0.25) is 5.91 Å². The molecule has 0 bridgehead atoms. The van der Waals surface area contributed by atoms with Crippen molar-refractivity contribution in [1.29, 1.82) is 0 Å². The highest BCUT2D eigenvalue weighted by molar-refractivity contribution is 8.02. The maximum atomic E-state index is 12.3. The van der Waals surface area contributed by atoms with E-state index >= 15 is 0 Å². The number of sulfone groups is 1. The number of furan rings is 1. The Morgan fingerprint density at radius 3 is 2.88 bits per heavy atom. The zero-order valence-corrected chi connectivity index (χ0v) is 16.1. The Bertz CT molecular complexity index is 736. The summed E-state index contributed by atoms with van der Waals surface area (Å²) in [6.07, 6.45) is 2.42. The molecule has 134 valence electrons. The standard InChI is InChI=1S/C17H25NO4S2/c1-11-6-13-14(7-17(2,3)8-15(13)22-11)18-16(19)9-23-12-4-5-24(20,21)10-12/h6,12,14H,4-5,7-10H2,1-3H3,(H,18,19)/t12-,14+/m0/s1. The van der Waals surface area contributed by atoms with Gasteiger partial charge < -0.3 is 9.73 Å². The van der Waals surface area contributed by atoms with Crippen molar-refractivity contribution < 1.29 is 17.6 Å². The van der Waals surface area contributed by atoms with Gasteiger partial charge in [-0.2, -0.15) is 0 Å². The summed E-state index contributed by atoms with van der Waals surface area (Å²) in [4.78, 5) is 12.3. The number of hydrogen-bond acceptors (Lipinski definition) is 5. The Morgan fingerprint density at radius 2 is 2.21 bits per heavy atom. The van der Waals surface area contributed by atoms with E-state index in [1.54, 1.807) is 0 Å². The van der Waals surface area contributed by atoms with Crippen LogP contribution in [0.2, 0.25) is 0 Å². The van der Waals surface area contributed by atoms with Crippen LogP contribution in [0.3, 0.4) is 0 Å². The molecule has 1 aliphatic carbocycles. The quantitative estimate of drug-likeness (QED) is 0.880. The van der Waals surface area contributed by atoms with E-state index in [1.165, 1.54) is 11.8 Å². The third-order valence-corrected chi connectivity index (χ3v) is 7.99. The zero-order valence-electron chi connectivity index (χ0n) is 14.4.